The summed E-state index contributed by atoms with van der Waals surface area (Å²) < 4.78 is 13.0. The van der Waals surface area contributed by atoms with Crippen LogP contribution >= 0.6 is 11.8 Å². The standard InChI is InChI=1S/C10H13FN2S/c11-9-7-8(3-4-10(9)13)14-6-2-1-5-12/h1-4,7H,5-6,12-13H2. The van der Waals surface area contributed by atoms with Gasteiger partial charge in [-0.2, -0.15) is 0 Å². The van der Waals surface area contributed by atoms with Crippen LogP contribution in [0.1, 0.15) is 0 Å². The van der Waals surface area contributed by atoms with Crippen molar-refractivity contribution in [2.24, 2.45) is 5.73 Å². The van der Waals surface area contributed by atoms with Gasteiger partial charge in [0.1, 0.15) is 5.82 Å². The Morgan fingerprint density at radius 1 is 1.36 bits per heavy atom. The van der Waals surface area contributed by atoms with Gasteiger partial charge in [0.2, 0.25) is 0 Å². The van der Waals surface area contributed by atoms with Gasteiger partial charge in [0.05, 0.1) is 5.69 Å². The van der Waals surface area contributed by atoms with Crippen LogP contribution in [0.4, 0.5) is 10.1 Å². The Hall–Kier alpha value is -1.00. The van der Waals surface area contributed by atoms with E-state index in [4.69, 9.17) is 11.5 Å². The fourth-order valence-electron chi connectivity index (χ4n) is 0.906. The maximum absolute atomic E-state index is 13.0. The van der Waals surface area contributed by atoms with E-state index in [1.54, 1.807) is 23.9 Å². The molecule has 0 fully saturated rings. The summed E-state index contributed by atoms with van der Waals surface area (Å²) in [5.41, 5.74) is 10.8. The monoisotopic (exact) mass is 212 g/mol. The summed E-state index contributed by atoms with van der Waals surface area (Å²) in [7, 11) is 0. The molecule has 0 amide bonds. The van der Waals surface area contributed by atoms with Crippen LogP contribution < -0.4 is 11.5 Å². The maximum atomic E-state index is 13.0. The summed E-state index contributed by atoms with van der Waals surface area (Å²) in [6.45, 7) is 0.538. The van der Waals surface area contributed by atoms with Gasteiger partial charge in [-0.3, -0.25) is 0 Å². The number of halogens is 1. The molecule has 1 rings (SSSR count). The Morgan fingerprint density at radius 3 is 2.79 bits per heavy atom. The second-order valence-corrected chi connectivity index (χ2v) is 3.79. The predicted octanol–water partition coefficient (Wildman–Crippen LogP) is 2.01. The fraction of sp³-hybridized carbons (Fsp3) is 0.200. The lowest BCUT2D eigenvalue weighted by molar-refractivity contribution is 0.629. The molecule has 0 heterocycles. The Labute approximate surface area is 87.2 Å². The van der Waals surface area contributed by atoms with Gasteiger partial charge in [0.25, 0.3) is 0 Å². The molecule has 0 bridgehead atoms. The van der Waals surface area contributed by atoms with Gasteiger partial charge in [-0.1, -0.05) is 12.2 Å². The fourth-order valence-corrected chi connectivity index (χ4v) is 1.68. The Morgan fingerprint density at radius 2 is 2.14 bits per heavy atom. The topological polar surface area (TPSA) is 52.0 Å². The van der Waals surface area contributed by atoms with Crippen LogP contribution in [-0.2, 0) is 0 Å². The zero-order valence-electron chi connectivity index (χ0n) is 7.74. The first-order valence-corrected chi connectivity index (χ1v) is 5.25. The van der Waals surface area contributed by atoms with Crippen molar-refractivity contribution in [3.8, 4) is 0 Å². The first-order valence-electron chi connectivity index (χ1n) is 4.27. The third kappa shape index (κ3) is 3.40. The highest BCUT2D eigenvalue weighted by Crippen LogP contribution is 2.21. The lowest BCUT2D eigenvalue weighted by Crippen LogP contribution is -1.92. The number of nitrogen functional groups attached to an aromatic ring is 1. The number of nitrogens with two attached hydrogens (primary N) is 2. The van der Waals surface area contributed by atoms with E-state index < -0.39 is 0 Å². The molecule has 0 atom stereocenters. The summed E-state index contributed by atoms with van der Waals surface area (Å²) in [5, 5.41) is 0. The van der Waals surface area contributed by atoms with E-state index in [1.165, 1.54) is 6.07 Å². The molecule has 0 aromatic heterocycles. The maximum Gasteiger partial charge on any atom is 0.147 e. The molecule has 4 heteroatoms. The summed E-state index contributed by atoms with van der Waals surface area (Å²) in [4.78, 5) is 0.873. The molecule has 0 spiro atoms. The molecule has 1 aromatic carbocycles. The van der Waals surface area contributed by atoms with Crippen molar-refractivity contribution in [3.05, 3.63) is 36.2 Å². The second kappa shape index (κ2) is 5.67. The number of rotatable bonds is 4. The predicted molar refractivity (Wildman–Crippen MR) is 59.7 cm³/mol. The van der Waals surface area contributed by atoms with Gasteiger partial charge < -0.3 is 11.5 Å². The number of anilines is 1. The highest BCUT2D eigenvalue weighted by molar-refractivity contribution is 7.99. The minimum absolute atomic E-state index is 0.187. The Balaban J connectivity index is 2.51. The molecule has 0 aliphatic rings. The molecule has 0 unspecified atom stereocenters. The molecule has 2 nitrogen and oxygen atoms in total. The highest BCUT2D eigenvalue weighted by atomic mass is 32.2. The summed E-state index contributed by atoms with van der Waals surface area (Å²) in [6, 6.07) is 4.82. The Kier molecular flexibility index (Phi) is 4.49. The number of hydrogen-bond acceptors (Lipinski definition) is 3. The lowest BCUT2D eigenvalue weighted by Gasteiger charge is -2.00. The van der Waals surface area contributed by atoms with E-state index in [2.05, 4.69) is 0 Å². The third-order valence-electron chi connectivity index (χ3n) is 1.62. The van der Waals surface area contributed by atoms with Gasteiger partial charge in [-0.15, -0.1) is 11.8 Å². The van der Waals surface area contributed by atoms with Crippen LogP contribution in [0.2, 0.25) is 0 Å². The molecule has 0 aliphatic carbocycles. The van der Waals surface area contributed by atoms with Crippen molar-refractivity contribution in [2.45, 2.75) is 4.90 Å². The molecule has 0 radical (unpaired) electrons. The molecule has 1 aromatic rings. The minimum Gasteiger partial charge on any atom is -0.396 e. The molecule has 4 N–H and O–H groups in total. The zero-order chi connectivity index (χ0) is 10.4. The van der Waals surface area contributed by atoms with E-state index in [9.17, 15) is 4.39 Å². The number of benzene rings is 1. The van der Waals surface area contributed by atoms with Gasteiger partial charge in [-0.25, -0.2) is 4.39 Å². The van der Waals surface area contributed by atoms with Gasteiger partial charge in [0.15, 0.2) is 0 Å². The molecule has 0 aliphatic heterocycles. The van der Waals surface area contributed by atoms with Crippen LogP contribution in [0.25, 0.3) is 0 Å². The molecule has 14 heavy (non-hydrogen) atoms. The van der Waals surface area contributed by atoms with Crippen LogP contribution in [0.15, 0.2) is 35.2 Å². The number of thioether (sulfide) groups is 1. The Bertz CT molecular complexity index is 326. The first-order chi connectivity index (χ1) is 6.74. The van der Waals surface area contributed by atoms with E-state index >= 15 is 0 Å². The SMILES string of the molecule is NCC=CCSc1ccc(N)c(F)c1. The average Bonchev–Trinajstić information content (AvgIpc) is 2.18. The van der Waals surface area contributed by atoms with Crippen molar-refractivity contribution in [1.82, 2.24) is 0 Å². The second-order valence-electron chi connectivity index (χ2n) is 2.70. The molecular weight excluding hydrogens is 199 g/mol. The molecular formula is C10H13FN2S. The largest absolute Gasteiger partial charge is 0.396 e. The summed E-state index contributed by atoms with van der Waals surface area (Å²) in [5.74, 6) is 0.429. The lowest BCUT2D eigenvalue weighted by atomic mass is 10.3. The van der Waals surface area contributed by atoms with Crippen molar-refractivity contribution in [2.75, 3.05) is 18.0 Å². The number of hydrogen-bond donors (Lipinski definition) is 2. The van der Waals surface area contributed by atoms with Crippen molar-refractivity contribution < 1.29 is 4.39 Å². The molecule has 0 saturated carbocycles. The van der Waals surface area contributed by atoms with Gasteiger partial charge >= 0.3 is 0 Å². The van der Waals surface area contributed by atoms with Gasteiger partial charge in [0, 0.05) is 17.2 Å². The smallest absolute Gasteiger partial charge is 0.147 e. The third-order valence-corrected chi connectivity index (χ3v) is 2.57. The normalized spacial score (nSPS) is 11.0. The van der Waals surface area contributed by atoms with Crippen LogP contribution in [0, 0.1) is 5.82 Å². The quantitative estimate of drug-likeness (QED) is 0.456. The first kappa shape index (κ1) is 11.1. The molecule has 0 saturated heterocycles. The van der Waals surface area contributed by atoms with Crippen LogP contribution in [0.3, 0.4) is 0 Å². The van der Waals surface area contributed by atoms with E-state index in [0.29, 0.717) is 6.54 Å². The average molecular weight is 212 g/mol. The van der Waals surface area contributed by atoms with Gasteiger partial charge in [-0.05, 0) is 18.2 Å². The zero-order valence-corrected chi connectivity index (χ0v) is 8.56. The minimum atomic E-state index is -0.363. The summed E-state index contributed by atoms with van der Waals surface area (Å²) >= 11 is 1.55. The van der Waals surface area contributed by atoms with E-state index in [-0.39, 0.29) is 11.5 Å². The van der Waals surface area contributed by atoms with Crippen molar-refractivity contribution >= 4 is 17.4 Å². The van der Waals surface area contributed by atoms with Crippen molar-refractivity contribution in [3.63, 3.8) is 0 Å². The van der Waals surface area contributed by atoms with Crippen LogP contribution in [0.5, 0.6) is 0 Å². The highest BCUT2D eigenvalue weighted by Gasteiger charge is 1.98. The van der Waals surface area contributed by atoms with E-state index in [0.717, 1.165) is 10.6 Å². The summed E-state index contributed by atoms with van der Waals surface area (Å²) in [6.07, 6.45) is 3.83. The van der Waals surface area contributed by atoms with Crippen LogP contribution in [-0.4, -0.2) is 12.3 Å². The molecule has 76 valence electrons. The van der Waals surface area contributed by atoms with E-state index in [1.807, 2.05) is 12.2 Å². The van der Waals surface area contributed by atoms with Crippen molar-refractivity contribution in [1.29, 1.82) is 0 Å².